The number of benzene rings is 1. The van der Waals surface area contributed by atoms with E-state index in [1.807, 2.05) is 18.2 Å². The first-order valence-electron chi connectivity index (χ1n) is 4.61. The van der Waals surface area contributed by atoms with Crippen LogP contribution in [0.15, 0.2) is 41.2 Å². The molecule has 0 radical (unpaired) electrons. The molecule has 1 aromatic carbocycles. The van der Waals surface area contributed by atoms with Gasteiger partial charge in [-0.1, -0.05) is 18.2 Å². The lowest BCUT2D eigenvalue weighted by atomic mass is 10.3. The van der Waals surface area contributed by atoms with Crippen LogP contribution in [0, 0.1) is 0 Å². The van der Waals surface area contributed by atoms with Crippen molar-refractivity contribution in [3.63, 3.8) is 0 Å². The van der Waals surface area contributed by atoms with Gasteiger partial charge in [-0.05, 0) is 12.1 Å². The van der Waals surface area contributed by atoms with Crippen molar-refractivity contribution in [3.05, 3.63) is 46.8 Å². The first-order valence-corrected chi connectivity index (χ1v) is 4.61. The van der Waals surface area contributed by atoms with E-state index >= 15 is 0 Å². The van der Waals surface area contributed by atoms with Crippen LogP contribution in [0.5, 0.6) is 0 Å². The maximum atomic E-state index is 11.6. The number of carbonyl (C=O) groups excluding carboxylic acids is 1. The Hall–Kier alpha value is -2.50. The SMILES string of the molecule is NC(=O)Nc1cc(=O)n(-c2ccccc2)[nH]1. The molecule has 2 rings (SSSR count). The number of urea groups is 1. The largest absolute Gasteiger partial charge is 0.351 e. The second kappa shape index (κ2) is 3.93. The fourth-order valence-corrected chi connectivity index (χ4v) is 1.36. The number of rotatable bonds is 2. The zero-order valence-corrected chi connectivity index (χ0v) is 8.31. The van der Waals surface area contributed by atoms with Gasteiger partial charge in [0, 0.05) is 6.07 Å². The predicted octanol–water partition coefficient (Wildman–Crippen LogP) is 0.656. The third-order valence-corrected chi connectivity index (χ3v) is 1.99. The zero-order chi connectivity index (χ0) is 11.5. The number of carbonyl (C=O) groups is 1. The van der Waals surface area contributed by atoms with Crippen LogP contribution in [0.2, 0.25) is 0 Å². The summed E-state index contributed by atoms with van der Waals surface area (Å²) in [6, 6.07) is 9.55. The molecule has 0 aliphatic rings. The molecule has 0 bridgehead atoms. The second-order valence-corrected chi connectivity index (χ2v) is 3.17. The average molecular weight is 218 g/mol. The molecule has 1 aromatic heterocycles. The molecule has 6 heteroatoms. The molecule has 2 aromatic rings. The van der Waals surface area contributed by atoms with Gasteiger partial charge >= 0.3 is 6.03 Å². The molecule has 0 spiro atoms. The summed E-state index contributed by atoms with van der Waals surface area (Å²) in [5.41, 5.74) is 5.36. The van der Waals surface area contributed by atoms with Crippen LogP contribution in [-0.4, -0.2) is 15.8 Å². The number of amides is 2. The summed E-state index contributed by atoms with van der Waals surface area (Å²) in [5.74, 6) is 0.265. The fourth-order valence-electron chi connectivity index (χ4n) is 1.36. The van der Waals surface area contributed by atoms with Gasteiger partial charge in [-0.3, -0.25) is 15.2 Å². The summed E-state index contributed by atoms with van der Waals surface area (Å²) in [5, 5.41) is 5.02. The molecule has 0 aliphatic heterocycles. The van der Waals surface area contributed by atoms with Crippen molar-refractivity contribution < 1.29 is 4.79 Å². The van der Waals surface area contributed by atoms with Crippen LogP contribution in [0.4, 0.5) is 10.6 Å². The zero-order valence-electron chi connectivity index (χ0n) is 8.31. The van der Waals surface area contributed by atoms with Gasteiger partial charge in [-0.2, -0.15) is 0 Å². The number of H-pyrrole nitrogens is 1. The number of anilines is 1. The molecule has 4 N–H and O–H groups in total. The fraction of sp³-hybridized carbons (Fsp3) is 0. The highest BCUT2D eigenvalue weighted by molar-refractivity contribution is 5.86. The van der Waals surface area contributed by atoms with Crippen molar-refractivity contribution in [3.8, 4) is 5.69 Å². The Morgan fingerprint density at radius 2 is 2.00 bits per heavy atom. The van der Waals surface area contributed by atoms with Crippen molar-refractivity contribution >= 4 is 11.8 Å². The maximum absolute atomic E-state index is 11.6. The highest BCUT2D eigenvalue weighted by atomic mass is 16.2. The van der Waals surface area contributed by atoms with Gasteiger partial charge in [0.15, 0.2) is 0 Å². The number of nitrogens with zero attached hydrogens (tertiary/aromatic N) is 1. The molecule has 0 saturated heterocycles. The Balaban J connectivity index is 2.40. The van der Waals surface area contributed by atoms with Gasteiger partial charge < -0.3 is 5.73 Å². The Bertz CT molecular complexity index is 556. The Morgan fingerprint density at radius 3 is 2.62 bits per heavy atom. The van der Waals surface area contributed by atoms with Gasteiger partial charge in [0.2, 0.25) is 0 Å². The molecule has 16 heavy (non-hydrogen) atoms. The number of hydrogen-bond donors (Lipinski definition) is 3. The van der Waals surface area contributed by atoms with E-state index in [1.54, 1.807) is 12.1 Å². The Labute approximate surface area is 90.7 Å². The van der Waals surface area contributed by atoms with Crippen molar-refractivity contribution in [1.82, 2.24) is 9.78 Å². The third kappa shape index (κ3) is 1.95. The van der Waals surface area contributed by atoms with Gasteiger partial charge in [0.25, 0.3) is 5.56 Å². The molecule has 82 valence electrons. The van der Waals surface area contributed by atoms with E-state index in [-0.39, 0.29) is 11.4 Å². The minimum atomic E-state index is -0.721. The van der Waals surface area contributed by atoms with Crippen LogP contribution in [0.25, 0.3) is 5.69 Å². The minimum Gasteiger partial charge on any atom is -0.351 e. The lowest BCUT2D eigenvalue weighted by molar-refractivity contribution is 0.259. The highest BCUT2D eigenvalue weighted by Gasteiger charge is 2.05. The number of primary amides is 1. The van der Waals surface area contributed by atoms with Crippen molar-refractivity contribution in [2.45, 2.75) is 0 Å². The van der Waals surface area contributed by atoms with Crippen LogP contribution >= 0.6 is 0 Å². The lowest BCUT2D eigenvalue weighted by Crippen LogP contribution is -2.19. The van der Waals surface area contributed by atoms with Gasteiger partial charge in [0.1, 0.15) is 5.82 Å². The normalized spacial score (nSPS) is 10.0. The number of hydrogen-bond acceptors (Lipinski definition) is 2. The van der Waals surface area contributed by atoms with E-state index < -0.39 is 6.03 Å². The molecule has 6 nitrogen and oxygen atoms in total. The van der Waals surface area contributed by atoms with Crippen molar-refractivity contribution in [2.75, 3.05) is 5.32 Å². The summed E-state index contributed by atoms with van der Waals surface area (Å²) < 4.78 is 1.31. The number of aromatic nitrogens is 2. The molecule has 0 unspecified atom stereocenters. The molecule has 0 atom stereocenters. The van der Waals surface area contributed by atoms with E-state index in [4.69, 9.17) is 5.73 Å². The summed E-state index contributed by atoms with van der Waals surface area (Å²) in [4.78, 5) is 22.2. The van der Waals surface area contributed by atoms with Crippen LogP contribution in [0.3, 0.4) is 0 Å². The predicted molar refractivity (Wildman–Crippen MR) is 59.6 cm³/mol. The van der Waals surface area contributed by atoms with Crippen molar-refractivity contribution in [1.29, 1.82) is 0 Å². The topological polar surface area (TPSA) is 92.9 Å². The quantitative estimate of drug-likeness (QED) is 0.690. The van der Waals surface area contributed by atoms with E-state index in [9.17, 15) is 9.59 Å². The van der Waals surface area contributed by atoms with Crippen LogP contribution in [-0.2, 0) is 0 Å². The molecular formula is C10H10N4O2. The number of para-hydroxylation sites is 1. The smallest absolute Gasteiger partial charge is 0.317 e. The second-order valence-electron chi connectivity index (χ2n) is 3.17. The minimum absolute atomic E-state index is 0.265. The number of nitrogens with one attached hydrogen (secondary N) is 2. The standard InChI is InChI=1S/C10H10N4O2/c11-10(16)12-8-6-9(15)14(13-8)7-4-2-1-3-5-7/h1-6,13H,(H3,11,12,16). The Kier molecular flexibility index (Phi) is 2.47. The summed E-state index contributed by atoms with van der Waals surface area (Å²) >= 11 is 0. The first kappa shape index (κ1) is 10.0. The highest BCUT2D eigenvalue weighted by Crippen LogP contribution is 2.05. The van der Waals surface area contributed by atoms with Gasteiger partial charge in [-0.25, -0.2) is 9.48 Å². The van der Waals surface area contributed by atoms with E-state index in [2.05, 4.69) is 10.4 Å². The van der Waals surface area contributed by atoms with Gasteiger partial charge in [-0.15, -0.1) is 0 Å². The van der Waals surface area contributed by atoms with Crippen LogP contribution in [0.1, 0.15) is 0 Å². The maximum Gasteiger partial charge on any atom is 0.317 e. The first-order chi connectivity index (χ1) is 7.66. The van der Waals surface area contributed by atoms with Crippen LogP contribution < -0.4 is 16.6 Å². The van der Waals surface area contributed by atoms with E-state index in [0.29, 0.717) is 5.69 Å². The number of aromatic amines is 1. The monoisotopic (exact) mass is 218 g/mol. The summed E-state index contributed by atoms with van der Waals surface area (Å²) in [6.45, 7) is 0. The lowest BCUT2D eigenvalue weighted by Gasteiger charge is -2.01. The molecule has 0 aliphatic carbocycles. The van der Waals surface area contributed by atoms with Gasteiger partial charge in [0.05, 0.1) is 5.69 Å². The average Bonchev–Trinajstić information content (AvgIpc) is 2.60. The molecule has 0 saturated carbocycles. The summed E-state index contributed by atoms with van der Waals surface area (Å²) in [7, 11) is 0. The van der Waals surface area contributed by atoms with E-state index in [1.165, 1.54) is 10.7 Å². The summed E-state index contributed by atoms with van der Waals surface area (Å²) in [6.07, 6.45) is 0. The Morgan fingerprint density at radius 1 is 1.31 bits per heavy atom. The molecule has 0 fully saturated rings. The number of nitrogens with two attached hydrogens (primary N) is 1. The van der Waals surface area contributed by atoms with Crippen molar-refractivity contribution in [2.24, 2.45) is 5.73 Å². The molecule has 1 heterocycles. The molecule has 2 amide bonds. The third-order valence-electron chi connectivity index (χ3n) is 1.99. The molecular weight excluding hydrogens is 208 g/mol. The van der Waals surface area contributed by atoms with E-state index in [0.717, 1.165) is 0 Å².